The molecule has 112 valence electrons. The van der Waals surface area contributed by atoms with Crippen molar-refractivity contribution in [1.82, 2.24) is 0 Å². The zero-order chi connectivity index (χ0) is 15.6. The van der Waals surface area contributed by atoms with Gasteiger partial charge in [0.2, 0.25) is 5.78 Å². The zero-order valence-electron chi connectivity index (χ0n) is 12.7. The third-order valence-electron chi connectivity index (χ3n) is 3.17. The lowest BCUT2D eigenvalue weighted by molar-refractivity contribution is 0.0923. The van der Waals surface area contributed by atoms with Gasteiger partial charge in [-0.1, -0.05) is 32.9 Å². The lowest BCUT2D eigenvalue weighted by atomic mass is 9.86. The molecule has 0 N–H and O–H groups in total. The summed E-state index contributed by atoms with van der Waals surface area (Å²) >= 11 is 4.81. The van der Waals surface area contributed by atoms with Crippen molar-refractivity contribution in [1.29, 1.82) is 0 Å². The summed E-state index contributed by atoms with van der Waals surface area (Å²) in [4.78, 5) is 12.9. The Morgan fingerprint density at radius 2 is 2.00 bits per heavy atom. The molecule has 21 heavy (non-hydrogen) atoms. The highest BCUT2D eigenvalue weighted by atomic mass is 79.9. The fourth-order valence-corrected chi connectivity index (χ4v) is 3.59. The molecule has 2 aromatic rings. The maximum absolute atomic E-state index is 12.2. The Bertz CT molecular complexity index is 653. The predicted octanol–water partition coefficient (Wildman–Crippen LogP) is 5.38. The quantitative estimate of drug-likeness (QED) is 0.679. The minimum Gasteiger partial charge on any atom is -0.485 e. The van der Waals surface area contributed by atoms with Crippen molar-refractivity contribution in [3.63, 3.8) is 0 Å². The summed E-state index contributed by atoms with van der Waals surface area (Å²) in [5.41, 5.74) is 2.23. The molecule has 0 amide bonds. The molecule has 0 aliphatic rings. The molecule has 0 aliphatic heterocycles. The monoisotopic (exact) mass is 366 g/mol. The molecule has 0 spiro atoms. The number of Topliss-reactive ketones (excluding diaryl/α,β-unsaturated/α-hetero) is 1. The molecule has 1 heterocycles. The van der Waals surface area contributed by atoms with E-state index in [1.165, 1.54) is 11.3 Å². The number of benzene rings is 1. The molecule has 2 nitrogen and oxygen atoms in total. The van der Waals surface area contributed by atoms with Crippen molar-refractivity contribution >= 4 is 33.0 Å². The van der Waals surface area contributed by atoms with E-state index in [4.69, 9.17) is 4.74 Å². The molecule has 0 saturated heterocycles. The van der Waals surface area contributed by atoms with Crippen LogP contribution in [-0.2, 0) is 5.41 Å². The van der Waals surface area contributed by atoms with E-state index in [1.807, 2.05) is 24.4 Å². The molecule has 0 fully saturated rings. The van der Waals surface area contributed by atoms with Crippen LogP contribution < -0.4 is 4.74 Å². The topological polar surface area (TPSA) is 26.3 Å². The van der Waals surface area contributed by atoms with Crippen LogP contribution >= 0.6 is 27.3 Å². The van der Waals surface area contributed by atoms with Gasteiger partial charge in [-0.05, 0) is 56.9 Å². The number of halogens is 1. The summed E-state index contributed by atoms with van der Waals surface area (Å²) in [5.74, 6) is 0.793. The van der Waals surface area contributed by atoms with E-state index in [1.54, 1.807) is 0 Å². The van der Waals surface area contributed by atoms with Crippen molar-refractivity contribution < 1.29 is 9.53 Å². The number of rotatable bonds is 4. The molecule has 1 aromatic carbocycles. The summed E-state index contributed by atoms with van der Waals surface area (Å²) in [6, 6.07) is 8.03. The molecular weight excluding hydrogens is 348 g/mol. The van der Waals surface area contributed by atoms with Gasteiger partial charge in [0.1, 0.15) is 5.75 Å². The predicted molar refractivity (Wildman–Crippen MR) is 91.7 cm³/mol. The molecule has 0 unspecified atom stereocenters. The van der Waals surface area contributed by atoms with Gasteiger partial charge >= 0.3 is 0 Å². The molecule has 0 saturated carbocycles. The zero-order valence-corrected chi connectivity index (χ0v) is 15.1. The number of ketones is 1. The van der Waals surface area contributed by atoms with Gasteiger partial charge in [0.15, 0.2) is 6.61 Å². The third-order valence-corrected chi connectivity index (χ3v) is 5.05. The second-order valence-corrected chi connectivity index (χ2v) is 7.83. The Morgan fingerprint density at radius 3 is 2.57 bits per heavy atom. The lowest BCUT2D eigenvalue weighted by Gasteiger charge is -2.23. The lowest BCUT2D eigenvalue weighted by Crippen LogP contribution is -2.16. The first-order chi connectivity index (χ1) is 9.79. The highest BCUT2D eigenvalue weighted by molar-refractivity contribution is 9.10. The van der Waals surface area contributed by atoms with Gasteiger partial charge in [-0.2, -0.15) is 0 Å². The van der Waals surface area contributed by atoms with E-state index in [2.05, 4.69) is 48.8 Å². The van der Waals surface area contributed by atoms with Crippen molar-refractivity contribution in [2.45, 2.75) is 33.1 Å². The first-order valence-corrected chi connectivity index (χ1v) is 8.46. The second-order valence-electron chi connectivity index (χ2n) is 6.06. The molecule has 4 heteroatoms. The van der Waals surface area contributed by atoms with Crippen LogP contribution in [0.1, 0.15) is 41.6 Å². The van der Waals surface area contributed by atoms with E-state index in [-0.39, 0.29) is 17.8 Å². The molecule has 0 aliphatic carbocycles. The average Bonchev–Trinajstić information content (AvgIpc) is 2.81. The maximum atomic E-state index is 12.2. The summed E-state index contributed by atoms with van der Waals surface area (Å²) in [7, 11) is 0. The van der Waals surface area contributed by atoms with E-state index in [0.29, 0.717) is 4.88 Å². The van der Waals surface area contributed by atoms with E-state index < -0.39 is 0 Å². The highest BCUT2D eigenvalue weighted by Gasteiger charge is 2.20. The average molecular weight is 367 g/mol. The summed E-state index contributed by atoms with van der Waals surface area (Å²) < 4.78 is 6.66. The fraction of sp³-hybridized carbons (Fsp3) is 0.353. The molecule has 0 atom stereocenters. The largest absolute Gasteiger partial charge is 0.485 e. The first kappa shape index (κ1) is 16.2. The van der Waals surface area contributed by atoms with Crippen molar-refractivity contribution in [3.8, 4) is 5.75 Å². The van der Waals surface area contributed by atoms with Crippen LogP contribution in [-0.4, -0.2) is 12.4 Å². The Balaban J connectivity index is 2.18. The van der Waals surface area contributed by atoms with Crippen LogP contribution in [0, 0.1) is 6.92 Å². The molecule has 1 aromatic heterocycles. The number of carbonyl (C=O) groups excluding carboxylic acids is 1. The fourth-order valence-electron chi connectivity index (χ4n) is 2.07. The Labute approximate surface area is 138 Å². The molecular formula is C17H19BrO2S. The summed E-state index contributed by atoms with van der Waals surface area (Å²) in [6.07, 6.45) is 0. The van der Waals surface area contributed by atoms with Crippen LogP contribution in [0.15, 0.2) is 34.1 Å². The summed E-state index contributed by atoms with van der Waals surface area (Å²) in [5, 5.41) is 1.89. The number of hydrogen-bond donors (Lipinski definition) is 0. The van der Waals surface area contributed by atoms with Gasteiger partial charge in [-0.15, -0.1) is 11.3 Å². The number of aryl methyl sites for hydroxylation is 1. The van der Waals surface area contributed by atoms with Crippen LogP contribution in [0.25, 0.3) is 0 Å². The van der Waals surface area contributed by atoms with E-state index in [9.17, 15) is 4.79 Å². The van der Waals surface area contributed by atoms with Crippen molar-refractivity contribution in [2.24, 2.45) is 0 Å². The minimum absolute atomic E-state index is 0.00163. The number of hydrogen-bond acceptors (Lipinski definition) is 3. The van der Waals surface area contributed by atoms with Crippen LogP contribution in [0.5, 0.6) is 5.75 Å². The van der Waals surface area contributed by atoms with Gasteiger partial charge in [-0.3, -0.25) is 4.79 Å². The van der Waals surface area contributed by atoms with Crippen LogP contribution in [0.2, 0.25) is 0 Å². The minimum atomic E-state index is -0.0183. The SMILES string of the molecule is Cc1ccc(C(C)(C)C)c(OCC(=O)c2sccc2Br)c1. The van der Waals surface area contributed by atoms with Crippen LogP contribution in [0.3, 0.4) is 0 Å². The van der Waals surface area contributed by atoms with Crippen LogP contribution in [0.4, 0.5) is 0 Å². The first-order valence-electron chi connectivity index (χ1n) is 6.79. The van der Waals surface area contributed by atoms with Crippen molar-refractivity contribution in [2.75, 3.05) is 6.61 Å². The molecule has 0 radical (unpaired) electrons. The van der Waals surface area contributed by atoms with Gasteiger partial charge in [0, 0.05) is 4.47 Å². The highest BCUT2D eigenvalue weighted by Crippen LogP contribution is 2.32. The van der Waals surface area contributed by atoms with E-state index in [0.717, 1.165) is 21.3 Å². The summed E-state index contributed by atoms with van der Waals surface area (Å²) in [6.45, 7) is 8.51. The standard InChI is InChI=1S/C17H19BrO2S/c1-11-5-6-12(17(2,3)4)15(9-11)20-10-14(19)16-13(18)7-8-21-16/h5-9H,10H2,1-4H3. The van der Waals surface area contributed by atoms with Gasteiger partial charge in [-0.25, -0.2) is 0 Å². The normalized spacial score (nSPS) is 11.5. The smallest absolute Gasteiger partial charge is 0.211 e. The van der Waals surface area contributed by atoms with Gasteiger partial charge in [0.05, 0.1) is 4.88 Å². The number of carbonyl (C=O) groups is 1. The second kappa shape index (κ2) is 6.32. The Kier molecular flexibility index (Phi) is 4.89. The number of thiophene rings is 1. The molecule has 2 rings (SSSR count). The Morgan fingerprint density at radius 1 is 1.29 bits per heavy atom. The Hall–Kier alpha value is -1.13. The van der Waals surface area contributed by atoms with Crippen molar-refractivity contribution in [3.05, 3.63) is 50.1 Å². The molecule has 0 bridgehead atoms. The number of ether oxygens (including phenoxy) is 1. The third kappa shape index (κ3) is 3.95. The van der Waals surface area contributed by atoms with Gasteiger partial charge < -0.3 is 4.74 Å². The van der Waals surface area contributed by atoms with E-state index >= 15 is 0 Å². The maximum Gasteiger partial charge on any atom is 0.211 e. The van der Waals surface area contributed by atoms with Gasteiger partial charge in [0.25, 0.3) is 0 Å².